The van der Waals surface area contributed by atoms with E-state index in [1.807, 2.05) is 24.1 Å². The van der Waals surface area contributed by atoms with E-state index in [1.165, 1.54) is 22.4 Å². The first-order valence-electron chi connectivity index (χ1n) is 7.64. The number of thioether (sulfide) groups is 1. The molecule has 1 aliphatic heterocycles. The fourth-order valence-corrected chi connectivity index (χ4v) is 3.81. The smallest absolute Gasteiger partial charge is 0.0981 e. The predicted octanol–water partition coefficient (Wildman–Crippen LogP) is 5.45. The van der Waals surface area contributed by atoms with Crippen molar-refractivity contribution in [2.24, 2.45) is 0 Å². The minimum atomic E-state index is 0.930. The molecule has 0 spiro atoms. The lowest BCUT2D eigenvalue weighted by Crippen LogP contribution is -2.18. The summed E-state index contributed by atoms with van der Waals surface area (Å²) < 4.78 is 5.27. The average Bonchev–Trinajstić information content (AvgIpc) is 3.27. The second-order valence-corrected chi connectivity index (χ2v) is 6.37. The van der Waals surface area contributed by atoms with Gasteiger partial charge in [-0.05, 0) is 22.6 Å². The minimum Gasteiger partial charge on any atom is -0.472 e. The molecule has 0 unspecified atom stereocenters. The van der Waals surface area contributed by atoms with Crippen LogP contribution in [0.25, 0.3) is 16.8 Å². The minimum absolute atomic E-state index is 0.930. The van der Waals surface area contributed by atoms with Crippen molar-refractivity contribution in [1.82, 2.24) is 4.90 Å². The Hall–Kier alpha value is -2.39. The van der Waals surface area contributed by atoms with Crippen LogP contribution in [-0.4, -0.2) is 10.8 Å². The molecule has 2 nitrogen and oxygen atoms in total. The van der Waals surface area contributed by atoms with Gasteiger partial charge in [-0.25, -0.2) is 0 Å². The van der Waals surface area contributed by atoms with E-state index in [1.54, 1.807) is 6.26 Å². The second kappa shape index (κ2) is 6.39. The SMILES string of the molecule is C1=C(c2ccccc2-c2ccoc2)N(Cc2ccccc2)CS1. The molecule has 1 aromatic heterocycles. The van der Waals surface area contributed by atoms with Crippen LogP contribution < -0.4 is 0 Å². The number of hydrogen-bond acceptors (Lipinski definition) is 3. The maximum Gasteiger partial charge on any atom is 0.0981 e. The van der Waals surface area contributed by atoms with Gasteiger partial charge in [-0.1, -0.05) is 54.6 Å². The zero-order valence-corrected chi connectivity index (χ0v) is 13.5. The highest BCUT2D eigenvalue weighted by Crippen LogP contribution is 2.37. The summed E-state index contributed by atoms with van der Waals surface area (Å²) in [5, 5.41) is 2.27. The normalized spacial score (nSPS) is 14.1. The molecule has 0 amide bonds. The number of rotatable bonds is 4. The van der Waals surface area contributed by atoms with Crippen molar-refractivity contribution >= 4 is 17.5 Å². The first kappa shape index (κ1) is 14.2. The first-order valence-corrected chi connectivity index (χ1v) is 8.69. The molecule has 3 heteroatoms. The largest absolute Gasteiger partial charge is 0.472 e. The van der Waals surface area contributed by atoms with Crippen LogP contribution in [-0.2, 0) is 6.54 Å². The fraction of sp³-hybridized carbons (Fsp3) is 0.100. The number of nitrogens with zero attached hydrogens (tertiary/aromatic N) is 1. The molecule has 114 valence electrons. The van der Waals surface area contributed by atoms with E-state index in [0.717, 1.165) is 18.0 Å². The van der Waals surface area contributed by atoms with Gasteiger partial charge in [-0.3, -0.25) is 0 Å². The molecule has 3 aromatic rings. The highest BCUT2D eigenvalue weighted by Gasteiger charge is 2.20. The van der Waals surface area contributed by atoms with E-state index in [4.69, 9.17) is 4.42 Å². The summed E-state index contributed by atoms with van der Waals surface area (Å²) in [6, 6.07) is 21.2. The molecule has 0 bridgehead atoms. The molecule has 0 saturated carbocycles. The van der Waals surface area contributed by atoms with Gasteiger partial charge in [0.1, 0.15) is 0 Å². The summed E-state index contributed by atoms with van der Waals surface area (Å²) in [6.07, 6.45) is 3.54. The fourth-order valence-electron chi connectivity index (χ4n) is 2.89. The van der Waals surface area contributed by atoms with Crippen LogP contribution >= 0.6 is 11.8 Å². The van der Waals surface area contributed by atoms with E-state index < -0.39 is 0 Å². The Morgan fingerprint density at radius 2 is 1.70 bits per heavy atom. The third kappa shape index (κ3) is 2.92. The third-order valence-electron chi connectivity index (χ3n) is 4.02. The summed E-state index contributed by atoms with van der Waals surface area (Å²) in [5.74, 6) is 0.990. The molecule has 4 rings (SSSR count). The first-order chi connectivity index (χ1) is 11.4. The van der Waals surface area contributed by atoms with Gasteiger partial charge in [0.2, 0.25) is 0 Å². The van der Waals surface area contributed by atoms with E-state index in [2.05, 4.69) is 64.9 Å². The zero-order chi connectivity index (χ0) is 15.5. The number of furan rings is 1. The molecule has 23 heavy (non-hydrogen) atoms. The molecule has 2 heterocycles. The van der Waals surface area contributed by atoms with Gasteiger partial charge in [0.05, 0.1) is 24.1 Å². The van der Waals surface area contributed by atoms with Crippen molar-refractivity contribution in [2.45, 2.75) is 6.54 Å². The van der Waals surface area contributed by atoms with Gasteiger partial charge in [0.25, 0.3) is 0 Å². The van der Waals surface area contributed by atoms with Crippen molar-refractivity contribution < 1.29 is 4.42 Å². The highest BCUT2D eigenvalue weighted by atomic mass is 32.2. The summed E-state index contributed by atoms with van der Waals surface area (Å²) in [6.45, 7) is 0.930. The van der Waals surface area contributed by atoms with Crippen molar-refractivity contribution in [3.8, 4) is 11.1 Å². The second-order valence-electron chi connectivity index (χ2n) is 5.54. The van der Waals surface area contributed by atoms with Crippen molar-refractivity contribution in [1.29, 1.82) is 0 Å². The quantitative estimate of drug-likeness (QED) is 0.636. The summed E-state index contributed by atoms with van der Waals surface area (Å²) in [7, 11) is 0. The van der Waals surface area contributed by atoms with E-state index in [9.17, 15) is 0 Å². The molecule has 0 aliphatic carbocycles. The zero-order valence-electron chi connectivity index (χ0n) is 12.7. The molecular formula is C20H17NOS. The predicted molar refractivity (Wildman–Crippen MR) is 96.6 cm³/mol. The Morgan fingerprint density at radius 1 is 0.913 bits per heavy atom. The Bertz CT molecular complexity index is 809. The summed E-state index contributed by atoms with van der Waals surface area (Å²) in [4.78, 5) is 2.43. The van der Waals surface area contributed by atoms with E-state index in [-0.39, 0.29) is 0 Å². The Balaban J connectivity index is 1.67. The monoisotopic (exact) mass is 319 g/mol. The van der Waals surface area contributed by atoms with Crippen molar-refractivity contribution in [3.63, 3.8) is 0 Å². The molecule has 0 fully saturated rings. The molecule has 2 aromatic carbocycles. The lowest BCUT2D eigenvalue weighted by Gasteiger charge is -2.23. The topological polar surface area (TPSA) is 16.4 Å². The maximum absolute atomic E-state index is 5.27. The van der Waals surface area contributed by atoms with Gasteiger partial charge >= 0.3 is 0 Å². The lowest BCUT2D eigenvalue weighted by atomic mass is 9.99. The third-order valence-corrected chi connectivity index (χ3v) is 4.87. The molecule has 0 atom stereocenters. The van der Waals surface area contributed by atoms with E-state index in [0.29, 0.717) is 0 Å². The Labute approximate surface area is 140 Å². The Kier molecular flexibility index (Phi) is 3.95. The van der Waals surface area contributed by atoms with Gasteiger partial charge in [0.15, 0.2) is 0 Å². The summed E-state index contributed by atoms with van der Waals surface area (Å²) in [5.41, 5.74) is 6.22. The van der Waals surface area contributed by atoms with Crippen LogP contribution in [0.3, 0.4) is 0 Å². The van der Waals surface area contributed by atoms with Crippen molar-refractivity contribution in [2.75, 3.05) is 5.88 Å². The van der Waals surface area contributed by atoms with Gasteiger partial charge in [0, 0.05) is 17.7 Å². The van der Waals surface area contributed by atoms with Crippen LogP contribution in [0.5, 0.6) is 0 Å². The average molecular weight is 319 g/mol. The number of benzene rings is 2. The van der Waals surface area contributed by atoms with Crippen LogP contribution in [0.1, 0.15) is 11.1 Å². The van der Waals surface area contributed by atoms with E-state index >= 15 is 0 Å². The van der Waals surface area contributed by atoms with Crippen LogP contribution in [0.15, 0.2) is 83.0 Å². The maximum atomic E-state index is 5.27. The van der Waals surface area contributed by atoms with Crippen LogP contribution in [0.4, 0.5) is 0 Å². The lowest BCUT2D eigenvalue weighted by molar-refractivity contribution is 0.464. The van der Waals surface area contributed by atoms with Gasteiger partial charge in [-0.2, -0.15) is 0 Å². The highest BCUT2D eigenvalue weighted by molar-refractivity contribution is 8.02. The Morgan fingerprint density at radius 3 is 2.48 bits per heavy atom. The molecular weight excluding hydrogens is 302 g/mol. The van der Waals surface area contributed by atoms with Crippen LogP contribution in [0.2, 0.25) is 0 Å². The standard InChI is InChI=1S/C20H17NOS/c1-2-6-16(7-3-1)12-21-15-23-14-20(21)19-9-5-4-8-18(19)17-10-11-22-13-17/h1-11,13-14H,12,15H2. The molecule has 0 saturated heterocycles. The molecule has 1 aliphatic rings. The number of hydrogen-bond donors (Lipinski definition) is 0. The molecule has 0 N–H and O–H groups in total. The van der Waals surface area contributed by atoms with Crippen LogP contribution in [0, 0.1) is 0 Å². The van der Waals surface area contributed by atoms with Crippen molar-refractivity contribution in [3.05, 3.63) is 89.7 Å². The van der Waals surface area contributed by atoms with Gasteiger partial charge < -0.3 is 9.32 Å². The molecule has 0 radical (unpaired) electrons. The van der Waals surface area contributed by atoms with Gasteiger partial charge in [-0.15, -0.1) is 11.8 Å². The summed E-state index contributed by atoms with van der Waals surface area (Å²) >= 11 is 1.85.